The second-order valence-electron chi connectivity index (χ2n) is 4.23. The maximum atomic E-state index is 5.60. The van der Waals surface area contributed by atoms with E-state index in [-0.39, 0.29) is 5.60 Å². The van der Waals surface area contributed by atoms with Crippen LogP contribution in [-0.4, -0.2) is 5.60 Å². The second-order valence-corrected chi connectivity index (χ2v) is 4.23. The minimum Gasteiger partial charge on any atom is -0.488 e. The third kappa shape index (κ3) is 7.66. The average Bonchev–Trinajstić information content (AvgIpc) is 2.04. The van der Waals surface area contributed by atoms with Crippen molar-refractivity contribution in [3.63, 3.8) is 0 Å². The summed E-state index contributed by atoms with van der Waals surface area (Å²) in [4.78, 5) is 0. The molecule has 80 valence electrons. The molecule has 0 unspecified atom stereocenters. The largest absolute Gasteiger partial charge is 0.488 e. The molecular weight excluding hydrogens is 172 g/mol. The van der Waals surface area contributed by atoms with Gasteiger partial charge >= 0.3 is 0 Å². The first-order valence-electron chi connectivity index (χ1n) is 5.23. The van der Waals surface area contributed by atoms with E-state index in [9.17, 15) is 0 Å². The van der Waals surface area contributed by atoms with E-state index in [2.05, 4.69) is 13.8 Å². The molecular formula is C13H22O. The summed E-state index contributed by atoms with van der Waals surface area (Å²) in [6, 6.07) is 9.86. The first-order chi connectivity index (χ1) is 6.49. The Kier molecular flexibility index (Phi) is 6.02. The summed E-state index contributed by atoms with van der Waals surface area (Å²) in [6.07, 6.45) is 1.25. The Balaban J connectivity index is 0.000000500. The first-order valence-corrected chi connectivity index (χ1v) is 5.23. The monoisotopic (exact) mass is 194 g/mol. The van der Waals surface area contributed by atoms with Gasteiger partial charge in [0.25, 0.3) is 0 Å². The molecule has 1 aromatic carbocycles. The van der Waals surface area contributed by atoms with Gasteiger partial charge in [0.05, 0.1) is 0 Å². The first kappa shape index (κ1) is 13.0. The summed E-state index contributed by atoms with van der Waals surface area (Å²) >= 11 is 0. The Bertz CT molecular complexity index is 221. The molecule has 1 heteroatoms. The Labute approximate surface area is 88.1 Å². The zero-order chi connectivity index (χ0) is 11.0. The van der Waals surface area contributed by atoms with Crippen molar-refractivity contribution in [3.8, 4) is 5.75 Å². The molecule has 0 aliphatic heterocycles. The quantitative estimate of drug-likeness (QED) is 0.648. The van der Waals surface area contributed by atoms with E-state index in [1.165, 1.54) is 6.42 Å². The van der Waals surface area contributed by atoms with Gasteiger partial charge in [-0.25, -0.2) is 0 Å². The van der Waals surface area contributed by atoms with E-state index in [0.29, 0.717) is 0 Å². The van der Waals surface area contributed by atoms with Crippen LogP contribution in [0.4, 0.5) is 0 Å². The van der Waals surface area contributed by atoms with Gasteiger partial charge in [-0.3, -0.25) is 0 Å². The van der Waals surface area contributed by atoms with Gasteiger partial charge in [0.1, 0.15) is 11.4 Å². The highest BCUT2D eigenvalue weighted by atomic mass is 16.5. The summed E-state index contributed by atoms with van der Waals surface area (Å²) in [6.45, 7) is 10.4. The molecule has 0 amide bonds. The van der Waals surface area contributed by atoms with Gasteiger partial charge in [-0.2, -0.15) is 0 Å². The smallest absolute Gasteiger partial charge is 0.120 e. The molecule has 0 spiro atoms. The number of ether oxygens (including phenoxy) is 1. The summed E-state index contributed by atoms with van der Waals surface area (Å²) in [7, 11) is 0. The third-order valence-electron chi connectivity index (χ3n) is 1.17. The predicted molar refractivity (Wildman–Crippen MR) is 62.8 cm³/mol. The second kappa shape index (κ2) is 6.47. The Hall–Kier alpha value is -0.980. The molecule has 0 bridgehead atoms. The lowest BCUT2D eigenvalue weighted by Crippen LogP contribution is -2.22. The molecule has 0 aliphatic rings. The molecule has 0 aliphatic carbocycles. The van der Waals surface area contributed by atoms with E-state index >= 15 is 0 Å². The lowest BCUT2D eigenvalue weighted by atomic mass is 10.2. The van der Waals surface area contributed by atoms with Crippen molar-refractivity contribution in [2.75, 3.05) is 0 Å². The highest BCUT2D eigenvalue weighted by Crippen LogP contribution is 2.16. The number of benzene rings is 1. The fourth-order valence-corrected chi connectivity index (χ4v) is 0.842. The topological polar surface area (TPSA) is 9.23 Å². The van der Waals surface area contributed by atoms with Crippen molar-refractivity contribution in [1.29, 1.82) is 0 Å². The van der Waals surface area contributed by atoms with Crippen LogP contribution in [-0.2, 0) is 0 Å². The van der Waals surface area contributed by atoms with Crippen molar-refractivity contribution in [2.24, 2.45) is 0 Å². The van der Waals surface area contributed by atoms with Crippen molar-refractivity contribution in [2.45, 2.75) is 46.6 Å². The van der Waals surface area contributed by atoms with Crippen LogP contribution < -0.4 is 4.74 Å². The van der Waals surface area contributed by atoms with Gasteiger partial charge < -0.3 is 4.74 Å². The number of rotatable bonds is 1. The molecule has 0 saturated heterocycles. The van der Waals surface area contributed by atoms with Gasteiger partial charge in [0, 0.05) is 0 Å². The minimum absolute atomic E-state index is 0.0959. The summed E-state index contributed by atoms with van der Waals surface area (Å²) in [5.74, 6) is 0.931. The van der Waals surface area contributed by atoms with Gasteiger partial charge in [0.15, 0.2) is 0 Å². The molecule has 0 saturated carbocycles. The van der Waals surface area contributed by atoms with Crippen molar-refractivity contribution in [1.82, 2.24) is 0 Å². The van der Waals surface area contributed by atoms with Crippen LogP contribution in [0.5, 0.6) is 5.75 Å². The van der Waals surface area contributed by atoms with Crippen molar-refractivity contribution >= 4 is 0 Å². The zero-order valence-electron chi connectivity index (χ0n) is 10.0. The fraction of sp³-hybridized carbons (Fsp3) is 0.538. The van der Waals surface area contributed by atoms with Crippen LogP contribution in [0.25, 0.3) is 0 Å². The molecule has 0 atom stereocenters. The SMILES string of the molecule is CC(C)(C)Oc1ccccc1.CCC. The zero-order valence-corrected chi connectivity index (χ0v) is 10.0. The number of hydrogen-bond acceptors (Lipinski definition) is 1. The van der Waals surface area contributed by atoms with E-state index in [1.807, 2.05) is 51.1 Å². The maximum Gasteiger partial charge on any atom is 0.120 e. The molecule has 1 nitrogen and oxygen atoms in total. The average molecular weight is 194 g/mol. The highest BCUT2D eigenvalue weighted by Gasteiger charge is 2.10. The molecule has 0 radical (unpaired) electrons. The van der Waals surface area contributed by atoms with Gasteiger partial charge in [0.2, 0.25) is 0 Å². The summed E-state index contributed by atoms with van der Waals surface area (Å²) in [5.41, 5.74) is -0.0959. The molecule has 0 N–H and O–H groups in total. The van der Waals surface area contributed by atoms with Gasteiger partial charge in [-0.15, -0.1) is 0 Å². The molecule has 1 aromatic rings. The normalized spacial score (nSPS) is 10.1. The maximum absolute atomic E-state index is 5.60. The molecule has 0 aromatic heterocycles. The van der Waals surface area contributed by atoms with Crippen molar-refractivity contribution in [3.05, 3.63) is 30.3 Å². The third-order valence-corrected chi connectivity index (χ3v) is 1.17. The lowest BCUT2D eigenvalue weighted by molar-refractivity contribution is 0.131. The van der Waals surface area contributed by atoms with Crippen LogP contribution in [0.1, 0.15) is 41.0 Å². The molecule has 0 heterocycles. The molecule has 1 rings (SSSR count). The molecule has 14 heavy (non-hydrogen) atoms. The van der Waals surface area contributed by atoms with E-state index in [1.54, 1.807) is 0 Å². The van der Waals surface area contributed by atoms with E-state index < -0.39 is 0 Å². The van der Waals surface area contributed by atoms with E-state index in [0.717, 1.165) is 5.75 Å². The lowest BCUT2D eigenvalue weighted by Gasteiger charge is -2.20. The van der Waals surface area contributed by atoms with Gasteiger partial charge in [-0.05, 0) is 32.9 Å². The van der Waals surface area contributed by atoms with Gasteiger partial charge in [-0.1, -0.05) is 38.5 Å². The van der Waals surface area contributed by atoms with Crippen LogP contribution >= 0.6 is 0 Å². The number of hydrogen-bond donors (Lipinski definition) is 0. The van der Waals surface area contributed by atoms with Crippen LogP contribution in [0, 0.1) is 0 Å². The summed E-state index contributed by atoms with van der Waals surface area (Å²) in [5, 5.41) is 0. The highest BCUT2D eigenvalue weighted by molar-refractivity contribution is 5.21. The van der Waals surface area contributed by atoms with Crippen LogP contribution in [0.2, 0.25) is 0 Å². The Morgan fingerprint density at radius 1 is 1.00 bits per heavy atom. The minimum atomic E-state index is -0.0959. The Morgan fingerprint density at radius 3 is 1.79 bits per heavy atom. The number of para-hydroxylation sites is 1. The predicted octanol–water partition coefficient (Wildman–Crippen LogP) is 4.28. The Morgan fingerprint density at radius 2 is 1.43 bits per heavy atom. The van der Waals surface area contributed by atoms with Crippen LogP contribution in [0.3, 0.4) is 0 Å². The standard InChI is InChI=1S/C10H14O.C3H8/c1-10(2,3)11-9-7-5-4-6-8-9;1-3-2/h4-8H,1-3H3;3H2,1-2H3. The van der Waals surface area contributed by atoms with E-state index in [4.69, 9.17) is 4.74 Å². The summed E-state index contributed by atoms with van der Waals surface area (Å²) < 4.78 is 5.60. The van der Waals surface area contributed by atoms with Crippen molar-refractivity contribution < 1.29 is 4.74 Å². The molecule has 0 fully saturated rings. The van der Waals surface area contributed by atoms with Crippen LogP contribution in [0.15, 0.2) is 30.3 Å². The fourth-order valence-electron chi connectivity index (χ4n) is 0.842.